The smallest absolute Gasteiger partial charge is 0.240 e. The van der Waals surface area contributed by atoms with E-state index in [0.717, 1.165) is 46.8 Å². The SMILES string of the molecule is C=C1c2cc(OCCCN3CCCCC3)ccc2C=C(c2ccccc2)N1CC(=O)NC(C)C. The molecule has 0 spiro atoms. The van der Waals surface area contributed by atoms with Gasteiger partial charge in [-0.3, -0.25) is 4.79 Å². The van der Waals surface area contributed by atoms with Crippen molar-refractivity contribution in [3.05, 3.63) is 71.8 Å². The third-order valence-electron chi connectivity index (χ3n) is 6.40. The molecule has 1 amide bonds. The van der Waals surface area contributed by atoms with Crippen molar-refractivity contribution < 1.29 is 9.53 Å². The quantitative estimate of drug-likeness (QED) is 0.520. The zero-order chi connectivity index (χ0) is 23.9. The number of fused-ring (bicyclic) bond motifs is 1. The lowest BCUT2D eigenvalue weighted by Gasteiger charge is -2.34. The number of hydrogen-bond acceptors (Lipinski definition) is 4. The summed E-state index contributed by atoms with van der Waals surface area (Å²) in [5.41, 5.74) is 4.95. The van der Waals surface area contributed by atoms with Crippen LogP contribution >= 0.6 is 0 Å². The first-order chi connectivity index (χ1) is 16.5. The molecular formula is C29H37N3O2. The lowest BCUT2D eigenvalue weighted by molar-refractivity contribution is -0.121. The fourth-order valence-electron chi connectivity index (χ4n) is 4.72. The number of carbonyl (C=O) groups excluding carboxylic acids is 1. The Balaban J connectivity index is 1.49. The summed E-state index contributed by atoms with van der Waals surface area (Å²) in [5.74, 6) is 0.827. The molecule has 0 aliphatic carbocycles. The minimum Gasteiger partial charge on any atom is -0.494 e. The third kappa shape index (κ3) is 6.09. The number of carbonyl (C=O) groups is 1. The number of hydrogen-bond donors (Lipinski definition) is 1. The molecule has 34 heavy (non-hydrogen) atoms. The van der Waals surface area contributed by atoms with Crippen molar-refractivity contribution in [1.82, 2.24) is 15.1 Å². The van der Waals surface area contributed by atoms with Crippen LogP contribution in [0.25, 0.3) is 17.5 Å². The van der Waals surface area contributed by atoms with Gasteiger partial charge in [-0.1, -0.05) is 49.4 Å². The Kier molecular flexibility index (Phi) is 8.07. The molecule has 2 aromatic carbocycles. The Morgan fingerprint density at radius 3 is 2.59 bits per heavy atom. The zero-order valence-electron chi connectivity index (χ0n) is 20.6. The Bertz CT molecular complexity index is 1020. The van der Waals surface area contributed by atoms with Gasteiger partial charge in [0.05, 0.1) is 6.61 Å². The van der Waals surface area contributed by atoms with Gasteiger partial charge >= 0.3 is 0 Å². The summed E-state index contributed by atoms with van der Waals surface area (Å²) in [7, 11) is 0. The summed E-state index contributed by atoms with van der Waals surface area (Å²) >= 11 is 0. The number of likely N-dealkylation sites (tertiary alicyclic amines) is 1. The van der Waals surface area contributed by atoms with Gasteiger partial charge in [0.2, 0.25) is 5.91 Å². The second kappa shape index (κ2) is 11.4. The highest BCUT2D eigenvalue weighted by molar-refractivity contribution is 5.96. The van der Waals surface area contributed by atoms with Crippen LogP contribution in [0.3, 0.4) is 0 Å². The van der Waals surface area contributed by atoms with Gasteiger partial charge in [0.15, 0.2) is 0 Å². The maximum Gasteiger partial charge on any atom is 0.240 e. The first-order valence-corrected chi connectivity index (χ1v) is 12.5. The van der Waals surface area contributed by atoms with Crippen LogP contribution < -0.4 is 10.1 Å². The molecule has 0 unspecified atom stereocenters. The zero-order valence-corrected chi connectivity index (χ0v) is 20.6. The second-order valence-corrected chi connectivity index (χ2v) is 9.50. The van der Waals surface area contributed by atoms with Crippen molar-refractivity contribution in [2.45, 2.75) is 45.6 Å². The van der Waals surface area contributed by atoms with E-state index < -0.39 is 0 Å². The Morgan fingerprint density at radius 2 is 1.85 bits per heavy atom. The van der Waals surface area contributed by atoms with Gasteiger partial charge in [-0.25, -0.2) is 0 Å². The lowest BCUT2D eigenvalue weighted by Crippen LogP contribution is -2.39. The van der Waals surface area contributed by atoms with Gasteiger partial charge in [-0.15, -0.1) is 0 Å². The average molecular weight is 460 g/mol. The molecule has 2 aromatic rings. The molecule has 4 rings (SSSR count). The van der Waals surface area contributed by atoms with E-state index in [9.17, 15) is 4.79 Å². The number of ether oxygens (including phenoxy) is 1. The first kappa shape index (κ1) is 24.1. The van der Waals surface area contributed by atoms with E-state index in [2.05, 4.69) is 47.1 Å². The predicted molar refractivity (Wildman–Crippen MR) is 140 cm³/mol. The van der Waals surface area contributed by atoms with Gasteiger partial charge in [0, 0.05) is 29.5 Å². The maximum atomic E-state index is 12.7. The van der Waals surface area contributed by atoms with Crippen LogP contribution in [-0.4, -0.2) is 54.5 Å². The van der Waals surface area contributed by atoms with Crippen molar-refractivity contribution in [3.8, 4) is 5.75 Å². The number of amides is 1. The normalized spacial score (nSPS) is 16.3. The van der Waals surface area contributed by atoms with Crippen LogP contribution in [0.5, 0.6) is 5.75 Å². The maximum absolute atomic E-state index is 12.7. The van der Waals surface area contributed by atoms with E-state index in [0.29, 0.717) is 6.61 Å². The molecule has 1 saturated heterocycles. The van der Waals surface area contributed by atoms with Gasteiger partial charge < -0.3 is 19.9 Å². The Morgan fingerprint density at radius 1 is 1.09 bits per heavy atom. The van der Waals surface area contributed by atoms with Crippen molar-refractivity contribution in [3.63, 3.8) is 0 Å². The van der Waals surface area contributed by atoms with E-state index in [-0.39, 0.29) is 18.5 Å². The molecule has 1 N–H and O–H groups in total. The molecular weight excluding hydrogens is 422 g/mol. The molecule has 0 aromatic heterocycles. The topological polar surface area (TPSA) is 44.8 Å². The second-order valence-electron chi connectivity index (χ2n) is 9.50. The summed E-state index contributed by atoms with van der Waals surface area (Å²) in [6.07, 6.45) is 7.16. The van der Waals surface area contributed by atoms with Gasteiger partial charge in [-0.2, -0.15) is 0 Å². The number of rotatable bonds is 9. The summed E-state index contributed by atoms with van der Waals surface area (Å²) in [5, 5.41) is 3.00. The first-order valence-electron chi connectivity index (χ1n) is 12.5. The molecule has 1 fully saturated rings. The summed E-state index contributed by atoms with van der Waals surface area (Å²) in [6.45, 7) is 12.8. The van der Waals surface area contributed by atoms with E-state index in [1.54, 1.807) is 0 Å². The number of nitrogens with one attached hydrogen (secondary N) is 1. The fraction of sp³-hybridized carbons (Fsp3) is 0.414. The van der Waals surface area contributed by atoms with E-state index in [1.165, 1.54) is 32.4 Å². The number of benzene rings is 2. The molecule has 180 valence electrons. The van der Waals surface area contributed by atoms with E-state index in [4.69, 9.17) is 4.74 Å². The number of piperidine rings is 1. The van der Waals surface area contributed by atoms with Crippen LogP contribution in [0.4, 0.5) is 0 Å². The minimum absolute atomic E-state index is 0.0217. The van der Waals surface area contributed by atoms with Crippen LogP contribution in [0.2, 0.25) is 0 Å². The average Bonchev–Trinajstić information content (AvgIpc) is 2.84. The molecule has 5 heteroatoms. The van der Waals surface area contributed by atoms with Crippen molar-refractivity contribution in [1.29, 1.82) is 0 Å². The van der Waals surface area contributed by atoms with E-state index in [1.807, 2.05) is 43.0 Å². The number of nitrogens with zero attached hydrogens (tertiary/aromatic N) is 2. The van der Waals surface area contributed by atoms with Gasteiger partial charge in [-0.05, 0) is 75.5 Å². The largest absolute Gasteiger partial charge is 0.494 e. The van der Waals surface area contributed by atoms with Crippen LogP contribution in [-0.2, 0) is 4.79 Å². The summed E-state index contributed by atoms with van der Waals surface area (Å²) in [4.78, 5) is 17.2. The summed E-state index contributed by atoms with van der Waals surface area (Å²) < 4.78 is 6.11. The molecule has 0 bridgehead atoms. The molecule has 2 heterocycles. The third-order valence-corrected chi connectivity index (χ3v) is 6.40. The standard InChI is InChI=1S/C29H37N3O2/c1-22(2)30-29(33)21-32-23(3)27-20-26(34-18-10-17-31-15-8-5-9-16-31)14-13-25(27)19-28(32)24-11-6-4-7-12-24/h4,6-7,11-14,19-20,22H,3,5,8-10,15-18,21H2,1-2H3,(H,30,33). The molecule has 5 nitrogen and oxygen atoms in total. The van der Waals surface area contributed by atoms with Gasteiger partial charge in [0.25, 0.3) is 0 Å². The van der Waals surface area contributed by atoms with Crippen molar-refractivity contribution in [2.75, 3.05) is 32.8 Å². The lowest BCUT2D eigenvalue weighted by atomic mass is 9.95. The molecule has 2 aliphatic rings. The Labute approximate surface area is 204 Å². The highest BCUT2D eigenvalue weighted by Gasteiger charge is 2.25. The van der Waals surface area contributed by atoms with Crippen molar-refractivity contribution >= 4 is 23.4 Å². The highest BCUT2D eigenvalue weighted by atomic mass is 16.5. The van der Waals surface area contributed by atoms with Gasteiger partial charge in [0.1, 0.15) is 12.3 Å². The fourth-order valence-corrected chi connectivity index (χ4v) is 4.72. The van der Waals surface area contributed by atoms with Crippen LogP contribution in [0, 0.1) is 0 Å². The monoisotopic (exact) mass is 459 g/mol. The molecule has 0 atom stereocenters. The van der Waals surface area contributed by atoms with Crippen LogP contribution in [0.15, 0.2) is 55.1 Å². The molecule has 0 radical (unpaired) electrons. The predicted octanol–water partition coefficient (Wildman–Crippen LogP) is 5.25. The van der Waals surface area contributed by atoms with Crippen LogP contribution in [0.1, 0.15) is 56.2 Å². The summed E-state index contributed by atoms with van der Waals surface area (Å²) in [6, 6.07) is 16.4. The minimum atomic E-state index is -0.0217. The highest BCUT2D eigenvalue weighted by Crippen LogP contribution is 2.38. The van der Waals surface area contributed by atoms with Crippen molar-refractivity contribution in [2.24, 2.45) is 0 Å². The molecule has 2 aliphatic heterocycles. The molecule has 0 saturated carbocycles. The van der Waals surface area contributed by atoms with E-state index >= 15 is 0 Å². The Hall–Kier alpha value is -3.05.